The Hall–Kier alpha value is -1.62. The largest absolute Gasteiger partial charge is 0.485 e. The molecule has 21 heavy (non-hydrogen) atoms. The van der Waals surface area contributed by atoms with E-state index in [0.29, 0.717) is 11.4 Å². The summed E-state index contributed by atoms with van der Waals surface area (Å²) >= 11 is 5.20. The maximum absolute atomic E-state index is 6.00. The first-order valence-corrected chi connectivity index (χ1v) is 7.99. The van der Waals surface area contributed by atoms with Crippen molar-refractivity contribution in [1.82, 2.24) is 14.8 Å². The molecule has 0 saturated heterocycles. The van der Waals surface area contributed by atoms with Crippen molar-refractivity contribution in [2.24, 2.45) is 0 Å². The predicted octanol–water partition coefficient (Wildman–Crippen LogP) is 3.73. The zero-order chi connectivity index (χ0) is 14.8. The molecule has 0 aliphatic heterocycles. The molecule has 1 heterocycles. The molecule has 1 N–H and O–H groups in total. The van der Waals surface area contributed by atoms with E-state index in [9.17, 15) is 0 Å². The van der Waals surface area contributed by atoms with Gasteiger partial charge in [-0.1, -0.05) is 6.07 Å². The fourth-order valence-electron chi connectivity index (χ4n) is 3.08. The van der Waals surface area contributed by atoms with Gasteiger partial charge in [-0.3, -0.25) is 5.10 Å². The molecule has 0 spiro atoms. The number of benzene rings is 1. The molecule has 0 radical (unpaired) electrons. The van der Waals surface area contributed by atoms with Crippen molar-refractivity contribution in [3.05, 3.63) is 39.4 Å². The number of aryl methyl sites for hydroxylation is 1. The topological polar surface area (TPSA) is 42.8 Å². The molecule has 0 unspecified atom stereocenters. The van der Waals surface area contributed by atoms with Gasteiger partial charge >= 0.3 is 0 Å². The van der Waals surface area contributed by atoms with Crippen LogP contribution < -0.4 is 4.74 Å². The molecular weight excluding hydrogens is 282 g/mol. The standard InChI is InChI=1S/C16H21N3OS/c1-3-19-15(17-18-16(19)21)10-20-14-9-8-12-6-4-5-7-13(12)11(14)2/h8-9H,3-7,10H2,1-2H3,(H,18,21). The molecule has 0 atom stereocenters. The minimum Gasteiger partial charge on any atom is -0.485 e. The number of rotatable bonds is 4. The summed E-state index contributed by atoms with van der Waals surface area (Å²) in [5.74, 6) is 1.81. The number of H-pyrrole nitrogens is 1. The van der Waals surface area contributed by atoms with Crippen LogP contribution in [0.1, 0.15) is 42.3 Å². The molecule has 1 aliphatic rings. The Bertz CT molecular complexity index is 702. The van der Waals surface area contributed by atoms with Crippen molar-refractivity contribution in [3.63, 3.8) is 0 Å². The SMILES string of the molecule is CCn1c(COc2ccc3c(c2C)CCCC3)n[nH]c1=S. The second-order valence-corrected chi connectivity index (χ2v) is 5.90. The molecule has 112 valence electrons. The summed E-state index contributed by atoms with van der Waals surface area (Å²) in [4.78, 5) is 0. The van der Waals surface area contributed by atoms with E-state index in [0.717, 1.165) is 18.1 Å². The van der Waals surface area contributed by atoms with Crippen molar-refractivity contribution >= 4 is 12.2 Å². The van der Waals surface area contributed by atoms with Gasteiger partial charge in [0.2, 0.25) is 0 Å². The fourth-order valence-corrected chi connectivity index (χ4v) is 3.36. The van der Waals surface area contributed by atoms with E-state index in [-0.39, 0.29) is 0 Å². The van der Waals surface area contributed by atoms with Crippen LogP contribution in [0.25, 0.3) is 0 Å². The molecular formula is C16H21N3OS. The van der Waals surface area contributed by atoms with E-state index in [2.05, 4.69) is 36.2 Å². The van der Waals surface area contributed by atoms with E-state index in [1.54, 1.807) is 0 Å². The predicted molar refractivity (Wildman–Crippen MR) is 85.2 cm³/mol. The van der Waals surface area contributed by atoms with Crippen LogP contribution in [0, 0.1) is 11.7 Å². The highest BCUT2D eigenvalue weighted by Gasteiger charge is 2.15. The molecule has 1 aromatic carbocycles. The Balaban J connectivity index is 1.81. The highest BCUT2D eigenvalue weighted by atomic mass is 32.1. The van der Waals surface area contributed by atoms with E-state index >= 15 is 0 Å². The highest BCUT2D eigenvalue weighted by molar-refractivity contribution is 7.71. The van der Waals surface area contributed by atoms with Gasteiger partial charge in [0.1, 0.15) is 12.4 Å². The van der Waals surface area contributed by atoms with Crippen molar-refractivity contribution in [2.45, 2.75) is 52.7 Å². The summed E-state index contributed by atoms with van der Waals surface area (Å²) in [6.45, 7) is 5.47. The van der Waals surface area contributed by atoms with Crippen LogP contribution in [0.4, 0.5) is 0 Å². The maximum Gasteiger partial charge on any atom is 0.195 e. The van der Waals surface area contributed by atoms with Gasteiger partial charge in [-0.2, -0.15) is 5.10 Å². The molecule has 0 fully saturated rings. The molecule has 5 heteroatoms. The molecule has 2 aromatic rings. The second-order valence-electron chi connectivity index (χ2n) is 5.51. The second kappa shape index (κ2) is 6.02. The number of hydrogen-bond acceptors (Lipinski definition) is 3. The Morgan fingerprint density at radius 2 is 2.14 bits per heavy atom. The van der Waals surface area contributed by atoms with Crippen molar-refractivity contribution in [2.75, 3.05) is 0 Å². The number of aromatic amines is 1. The van der Waals surface area contributed by atoms with Crippen LogP contribution in [-0.2, 0) is 26.0 Å². The van der Waals surface area contributed by atoms with Crippen molar-refractivity contribution in [3.8, 4) is 5.75 Å². The highest BCUT2D eigenvalue weighted by Crippen LogP contribution is 2.30. The van der Waals surface area contributed by atoms with Gasteiger partial charge < -0.3 is 9.30 Å². The first kappa shape index (κ1) is 14.3. The summed E-state index contributed by atoms with van der Waals surface area (Å²) < 4.78 is 8.61. The van der Waals surface area contributed by atoms with Gasteiger partial charge in [0, 0.05) is 6.54 Å². The zero-order valence-electron chi connectivity index (χ0n) is 12.6. The quantitative estimate of drug-likeness (QED) is 0.875. The minimum absolute atomic E-state index is 0.445. The average molecular weight is 303 g/mol. The average Bonchev–Trinajstić information content (AvgIpc) is 2.87. The van der Waals surface area contributed by atoms with Gasteiger partial charge in [-0.15, -0.1) is 0 Å². The van der Waals surface area contributed by atoms with Crippen LogP contribution in [-0.4, -0.2) is 14.8 Å². The molecule has 0 amide bonds. The van der Waals surface area contributed by atoms with E-state index < -0.39 is 0 Å². The molecule has 0 saturated carbocycles. The maximum atomic E-state index is 6.00. The molecule has 4 nitrogen and oxygen atoms in total. The van der Waals surface area contributed by atoms with Crippen molar-refractivity contribution in [1.29, 1.82) is 0 Å². The summed E-state index contributed by atoms with van der Waals surface area (Å²) in [6, 6.07) is 4.31. The minimum atomic E-state index is 0.445. The number of nitrogens with one attached hydrogen (secondary N) is 1. The van der Waals surface area contributed by atoms with Gasteiger partial charge in [0.15, 0.2) is 10.6 Å². The smallest absolute Gasteiger partial charge is 0.195 e. The number of nitrogens with zero attached hydrogens (tertiary/aromatic N) is 2. The van der Waals surface area contributed by atoms with E-state index in [1.165, 1.54) is 42.4 Å². The third kappa shape index (κ3) is 2.75. The lowest BCUT2D eigenvalue weighted by Crippen LogP contribution is -2.09. The Morgan fingerprint density at radius 3 is 2.95 bits per heavy atom. The lowest BCUT2D eigenvalue weighted by molar-refractivity contribution is 0.286. The first-order chi connectivity index (χ1) is 10.2. The lowest BCUT2D eigenvalue weighted by Gasteiger charge is -2.20. The van der Waals surface area contributed by atoms with Crippen molar-refractivity contribution < 1.29 is 4.74 Å². The number of fused-ring (bicyclic) bond motifs is 1. The Morgan fingerprint density at radius 1 is 1.33 bits per heavy atom. The molecule has 3 rings (SSSR count). The summed E-state index contributed by atoms with van der Waals surface area (Å²) in [5, 5.41) is 7.06. The summed E-state index contributed by atoms with van der Waals surface area (Å²) in [5.41, 5.74) is 4.25. The molecule has 1 aliphatic carbocycles. The van der Waals surface area contributed by atoms with Gasteiger partial charge in [0.25, 0.3) is 0 Å². The van der Waals surface area contributed by atoms with E-state index in [1.807, 2.05) is 4.57 Å². The van der Waals surface area contributed by atoms with Crippen LogP contribution in [0.15, 0.2) is 12.1 Å². The first-order valence-electron chi connectivity index (χ1n) is 7.59. The summed E-state index contributed by atoms with van der Waals surface area (Å²) in [7, 11) is 0. The molecule has 0 bridgehead atoms. The van der Waals surface area contributed by atoms with Crippen LogP contribution in [0.5, 0.6) is 5.75 Å². The molecule has 1 aromatic heterocycles. The van der Waals surface area contributed by atoms with Gasteiger partial charge in [0.05, 0.1) is 0 Å². The zero-order valence-corrected chi connectivity index (χ0v) is 13.4. The fraction of sp³-hybridized carbons (Fsp3) is 0.500. The Kier molecular flexibility index (Phi) is 4.10. The Labute approximate surface area is 130 Å². The third-order valence-electron chi connectivity index (χ3n) is 4.28. The number of hydrogen-bond donors (Lipinski definition) is 1. The van der Waals surface area contributed by atoms with Gasteiger partial charge in [-0.25, -0.2) is 0 Å². The lowest BCUT2D eigenvalue weighted by atomic mass is 9.88. The normalized spacial score (nSPS) is 14.0. The summed E-state index contributed by atoms with van der Waals surface area (Å²) in [6.07, 6.45) is 4.96. The van der Waals surface area contributed by atoms with Crippen LogP contribution in [0.2, 0.25) is 0 Å². The van der Waals surface area contributed by atoms with Crippen LogP contribution >= 0.6 is 12.2 Å². The third-order valence-corrected chi connectivity index (χ3v) is 4.59. The van der Waals surface area contributed by atoms with Gasteiger partial charge in [-0.05, 0) is 74.5 Å². The number of ether oxygens (including phenoxy) is 1. The van der Waals surface area contributed by atoms with E-state index in [4.69, 9.17) is 17.0 Å². The number of aromatic nitrogens is 3. The van der Waals surface area contributed by atoms with Crippen LogP contribution in [0.3, 0.4) is 0 Å². The monoisotopic (exact) mass is 303 g/mol.